The first-order valence-corrected chi connectivity index (χ1v) is 8.12. The molecule has 0 aliphatic carbocycles. The second-order valence-corrected chi connectivity index (χ2v) is 6.46. The summed E-state index contributed by atoms with van der Waals surface area (Å²) < 4.78 is 30.0. The molecule has 0 saturated heterocycles. The molecular weight excluding hydrogens is 304 g/mol. The van der Waals surface area contributed by atoms with Gasteiger partial charge in [-0.3, -0.25) is 10.2 Å². The van der Waals surface area contributed by atoms with Crippen molar-refractivity contribution in [3.05, 3.63) is 65.2 Å². The molecule has 6 nitrogen and oxygen atoms in total. The van der Waals surface area contributed by atoms with Crippen LogP contribution in [0.5, 0.6) is 0 Å². The molecule has 0 saturated carbocycles. The molecule has 1 aliphatic rings. The van der Waals surface area contributed by atoms with Gasteiger partial charge in [-0.25, -0.2) is 8.42 Å². The van der Waals surface area contributed by atoms with Gasteiger partial charge in [0.25, 0.3) is 15.9 Å². The van der Waals surface area contributed by atoms with Crippen LogP contribution in [-0.2, 0) is 28.0 Å². The molecule has 0 unspecified atom stereocenters. The summed E-state index contributed by atoms with van der Waals surface area (Å²) in [4.78, 5) is 14.1. The molecule has 1 heterocycles. The highest BCUT2D eigenvalue weighted by atomic mass is 32.2. The lowest BCUT2D eigenvalue weighted by atomic mass is 10.1. The zero-order chi connectivity index (χ0) is 15.6. The molecule has 0 radical (unpaired) electrons. The van der Waals surface area contributed by atoms with Gasteiger partial charge in [0.05, 0.1) is 18.1 Å². The summed E-state index contributed by atoms with van der Waals surface area (Å²) in [6.45, 7) is 0.647. The van der Waals surface area contributed by atoms with Gasteiger partial charge in [0.1, 0.15) is 0 Å². The lowest BCUT2D eigenvalue weighted by Crippen LogP contribution is -2.41. The van der Waals surface area contributed by atoms with Crippen LogP contribution in [0.25, 0.3) is 0 Å². The Hall–Kier alpha value is -2.22. The fourth-order valence-corrected chi connectivity index (χ4v) is 3.36. The second-order valence-electron chi connectivity index (χ2n) is 4.81. The van der Waals surface area contributed by atoms with E-state index < -0.39 is 15.9 Å². The molecule has 7 heteroatoms. The standard InChI is InChI=1S/C15H14N2O4S/c18-15(11-5-2-1-3-6-11)16-17-22(19,20)14-8-4-7-12-9-21-10-13(12)14/h1-8,17H,9-10H2,(H,16,18). The number of fused-ring (bicyclic) bond motifs is 1. The fraction of sp³-hybridized carbons (Fsp3) is 0.133. The van der Waals surface area contributed by atoms with Gasteiger partial charge in [0.2, 0.25) is 0 Å². The maximum atomic E-state index is 12.3. The number of hydrogen-bond acceptors (Lipinski definition) is 4. The highest BCUT2D eigenvalue weighted by Gasteiger charge is 2.24. The minimum absolute atomic E-state index is 0.121. The first-order chi connectivity index (χ1) is 10.6. The zero-order valence-corrected chi connectivity index (χ0v) is 12.4. The topological polar surface area (TPSA) is 84.5 Å². The third kappa shape index (κ3) is 2.87. The summed E-state index contributed by atoms with van der Waals surface area (Å²) in [6.07, 6.45) is 0. The van der Waals surface area contributed by atoms with Crippen LogP contribution in [0.4, 0.5) is 0 Å². The van der Waals surface area contributed by atoms with Crippen LogP contribution in [0.1, 0.15) is 21.5 Å². The molecule has 1 aliphatic heterocycles. The molecule has 2 aromatic carbocycles. The van der Waals surface area contributed by atoms with E-state index in [0.29, 0.717) is 17.7 Å². The Bertz CT molecular complexity index is 804. The van der Waals surface area contributed by atoms with E-state index in [1.165, 1.54) is 6.07 Å². The molecule has 22 heavy (non-hydrogen) atoms. The molecule has 0 fully saturated rings. The molecule has 0 aromatic heterocycles. The number of carbonyl (C=O) groups is 1. The Morgan fingerprint density at radius 1 is 1.00 bits per heavy atom. The van der Waals surface area contributed by atoms with Crippen molar-refractivity contribution < 1.29 is 17.9 Å². The highest BCUT2D eigenvalue weighted by molar-refractivity contribution is 7.89. The van der Waals surface area contributed by atoms with Gasteiger partial charge in [-0.2, -0.15) is 0 Å². The number of amides is 1. The monoisotopic (exact) mass is 318 g/mol. The first kappa shape index (κ1) is 14.7. The van der Waals surface area contributed by atoms with Crippen LogP contribution in [0.3, 0.4) is 0 Å². The largest absolute Gasteiger partial charge is 0.372 e. The van der Waals surface area contributed by atoms with Crippen LogP contribution in [-0.4, -0.2) is 14.3 Å². The van der Waals surface area contributed by atoms with Crippen molar-refractivity contribution in [1.82, 2.24) is 10.3 Å². The Kier molecular flexibility index (Phi) is 3.93. The summed E-state index contributed by atoms with van der Waals surface area (Å²) >= 11 is 0. The maximum absolute atomic E-state index is 12.3. The van der Waals surface area contributed by atoms with Crippen molar-refractivity contribution in [1.29, 1.82) is 0 Å². The van der Waals surface area contributed by atoms with Crippen LogP contribution < -0.4 is 10.3 Å². The third-order valence-corrected chi connectivity index (χ3v) is 4.69. The molecule has 0 spiro atoms. The van der Waals surface area contributed by atoms with Crippen LogP contribution in [0.2, 0.25) is 0 Å². The zero-order valence-electron chi connectivity index (χ0n) is 11.6. The van der Waals surface area contributed by atoms with E-state index in [9.17, 15) is 13.2 Å². The number of hydrogen-bond donors (Lipinski definition) is 2. The molecular formula is C15H14N2O4S. The van der Waals surface area contributed by atoms with Gasteiger partial charge in [-0.05, 0) is 23.8 Å². The summed E-state index contributed by atoms with van der Waals surface area (Å²) in [5.41, 5.74) is 4.05. The quantitative estimate of drug-likeness (QED) is 0.833. The molecule has 3 rings (SSSR count). The Morgan fingerprint density at radius 2 is 1.77 bits per heavy atom. The predicted molar refractivity (Wildman–Crippen MR) is 79.2 cm³/mol. The van der Waals surface area contributed by atoms with Gasteiger partial charge in [-0.1, -0.05) is 30.3 Å². The lowest BCUT2D eigenvalue weighted by Gasteiger charge is -2.11. The van der Waals surface area contributed by atoms with Gasteiger partial charge in [-0.15, -0.1) is 4.83 Å². The minimum Gasteiger partial charge on any atom is -0.372 e. The van der Waals surface area contributed by atoms with E-state index in [-0.39, 0.29) is 11.5 Å². The fourth-order valence-electron chi connectivity index (χ4n) is 2.26. The smallest absolute Gasteiger partial charge is 0.266 e. The minimum atomic E-state index is -3.85. The number of rotatable bonds is 4. The highest BCUT2D eigenvalue weighted by Crippen LogP contribution is 2.26. The molecule has 2 aromatic rings. The van der Waals surface area contributed by atoms with E-state index in [4.69, 9.17) is 4.74 Å². The average Bonchev–Trinajstić information content (AvgIpc) is 3.02. The van der Waals surface area contributed by atoms with Gasteiger partial charge < -0.3 is 4.74 Å². The predicted octanol–water partition coefficient (Wildman–Crippen LogP) is 1.34. The Labute approximate surface area is 128 Å². The Morgan fingerprint density at radius 3 is 2.55 bits per heavy atom. The molecule has 114 valence electrons. The second kappa shape index (κ2) is 5.88. The number of carbonyl (C=O) groups excluding carboxylic acids is 1. The summed E-state index contributed by atoms with van der Waals surface area (Å²) in [5.74, 6) is -0.520. The number of benzene rings is 2. The van der Waals surface area contributed by atoms with Crippen molar-refractivity contribution in [3.63, 3.8) is 0 Å². The van der Waals surface area contributed by atoms with E-state index in [2.05, 4.69) is 10.3 Å². The summed E-state index contributed by atoms with van der Waals surface area (Å²) in [5, 5.41) is 0. The molecule has 0 bridgehead atoms. The maximum Gasteiger partial charge on any atom is 0.266 e. The van der Waals surface area contributed by atoms with Crippen molar-refractivity contribution in [3.8, 4) is 0 Å². The number of hydrazine groups is 1. The van der Waals surface area contributed by atoms with Crippen molar-refractivity contribution in [2.45, 2.75) is 18.1 Å². The van der Waals surface area contributed by atoms with Crippen molar-refractivity contribution in [2.24, 2.45) is 0 Å². The summed E-state index contributed by atoms with van der Waals surface area (Å²) in [7, 11) is -3.85. The van der Waals surface area contributed by atoms with Crippen molar-refractivity contribution >= 4 is 15.9 Å². The third-order valence-electron chi connectivity index (χ3n) is 3.36. The molecule has 1 amide bonds. The van der Waals surface area contributed by atoms with Gasteiger partial charge in [0.15, 0.2) is 0 Å². The number of ether oxygens (including phenoxy) is 1. The SMILES string of the molecule is O=C(NNS(=O)(=O)c1cccc2c1COC2)c1ccccc1. The Balaban J connectivity index is 1.78. The van der Waals surface area contributed by atoms with E-state index in [1.807, 2.05) is 6.07 Å². The van der Waals surface area contributed by atoms with Gasteiger partial charge in [0, 0.05) is 11.1 Å². The summed E-state index contributed by atoms with van der Waals surface area (Å²) in [6, 6.07) is 13.3. The molecule has 2 N–H and O–H groups in total. The lowest BCUT2D eigenvalue weighted by molar-refractivity contribution is 0.0945. The average molecular weight is 318 g/mol. The molecule has 0 atom stereocenters. The van der Waals surface area contributed by atoms with Crippen molar-refractivity contribution in [2.75, 3.05) is 0 Å². The first-order valence-electron chi connectivity index (χ1n) is 6.63. The number of sulfonamides is 1. The van der Waals surface area contributed by atoms with Gasteiger partial charge >= 0.3 is 0 Å². The van der Waals surface area contributed by atoms with Crippen LogP contribution in [0, 0.1) is 0 Å². The van der Waals surface area contributed by atoms with E-state index >= 15 is 0 Å². The number of nitrogens with one attached hydrogen (secondary N) is 2. The van der Waals surface area contributed by atoms with Crippen LogP contribution >= 0.6 is 0 Å². The van der Waals surface area contributed by atoms with E-state index in [1.54, 1.807) is 36.4 Å². The van der Waals surface area contributed by atoms with Crippen LogP contribution in [0.15, 0.2) is 53.4 Å². The van der Waals surface area contributed by atoms with E-state index in [0.717, 1.165) is 5.56 Å². The normalized spacial score (nSPS) is 13.6.